The van der Waals surface area contributed by atoms with Crippen molar-refractivity contribution in [2.24, 2.45) is 0 Å². The number of alkyl halides is 3. The van der Waals surface area contributed by atoms with Crippen molar-refractivity contribution < 1.29 is 18.0 Å². The summed E-state index contributed by atoms with van der Waals surface area (Å²) in [6.07, 6.45) is -4.48. The van der Waals surface area contributed by atoms with Crippen molar-refractivity contribution in [2.45, 2.75) is 20.0 Å². The number of nitrogens with zero attached hydrogens (tertiary/aromatic N) is 2. The molecule has 0 saturated carbocycles. The van der Waals surface area contributed by atoms with E-state index >= 15 is 0 Å². The summed E-state index contributed by atoms with van der Waals surface area (Å²) in [5.41, 5.74) is -0.103. The Hall–Kier alpha value is -2.84. The smallest absolute Gasteiger partial charge is 0.368 e. The maximum Gasteiger partial charge on any atom is 0.416 e. The summed E-state index contributed by atoms with van der Waals surface area (Å²) in [4.78, 5) is 20.5. The highest BCUT2D eigenvalue weighted by atomic mass is 19.4. The lowest BCUT2D eigenvalue weighted by Gasteiger charge is -2.11. The van der Waals surface area contributed by atoms with Crippen LogP contribution < -0.4 is 16.0 Å². The first-order valence-corrected chi connectivity index (χ1v) is 8.08. The molecule has 0 atom stereocenters. The molecule has 0 radical (unpaired) electrons. The molecule has 0 saturated heterocycles. The molecule has 1 aromatic carbocycles. The molecule has 0 aliphatic carbocycles. The summed E-state index contributed by atoms with van der Waals surface area (Å²) < 4.78 is 38.1. The van der Waals surface area contributed by atoms with Gasteiger partial charge in [-0.15, -0.1) is 0 Å². The first-order valence-electron chi connectivity index (χ1n) is 8.08. The zero-order valence-electron chi connectivity index (χ0n) is 14.4. The van der Waals surface area contributed by atoms with Crippen LogP contribution in [0, 0.1) is 6.92 Å². The van der Waals surface area contributed by atoms with Crippen LogP contribution in [-0.2, 0) is 6.18 Å². The van der Waals surface area contributed by atoms with Crippen molar-refractivity contribution in [1.82, 2.24) is 15.3 Å². The van der Waals surface area contributed by atoms with Gasteiger partial charge in [0.05, 0.1) is 5.56 Å². The van der Waals surface area contributed by atoms with Gasteiger partial charge in [0.2, 0.25) is 5.95 Å². The average molecular weight is 367 g/mol. The summed E-state index contributed by atoms with van der Waals surface area (Å²) in [6, 6.07) is 6.07. The molecule has 0 fully saturated rings. The van der Waals surface area contributed by atoms with E-state index in [1.54, 1.807) is 6.07 Å². The standard InChI is InChI=1S/C17H20F3N5O/c1-3-21-16-24-11(2)9-14(25-16)22-7-8-23-15(26)12-5-4-6-13(10-12)17(18,19)20/h4-6,9-10H,3,7-8H2,1-2H3,(H,23,26)(H2,21,22,24,25). The number of aromatic nitrogens is 2. The van der Waals surface area contributed by atoms with E-state index in [2.05, 4.69) is 25.9 Å². The van der Waals surface area contributed by atoms with Gasteiger partial charge in [0.15, 0.2) is 0 Å². The number of carbonyl (C=O) groups excluding carboxylic acids is 1. The van der Waals surface area contributed by atoms with Gasteiger partial charge in [0.25, 0.3) is 5.91 Å². The molecule has 2 rings (SSSR count). The third-order valence-electron chi connectivity index (χ3n) is 3.36. The maximum atomic E-state index is 12.7. The second-order valence-corrected chi connectivity index (χ2v) is 5.51. The van der Waals surface area contributed by atoms with Crippen LogP contribution in [-0.4, -0.2) is 35.5 Å². The van der Waals surface area contributed by atoms with Gasteiger partial charge >= 0.3 is 6.18 Å². The highest BCUT2D eigenvalue weighted by Gasteiger charge is 2.30. The van der Waals surface area contributed by atoms with Crippen LogP contribution in [0.25, 0.3) is 0 Å². The number of rotatable bonds is 7. The van der Waals surface area contributed by atoms with Gasteiger partial charge in [-0.3, -0.25) is 4.79 Å². The molecule has 1 heterocycles. The largest absolute Gasteiger partial charge is 0.416 e. The van der Waals surface area contributed by atoms with Crippen LogP contribution in [0.4, 0.5) is 24.9 Å². The molecule has 1 amide bonds. The monoisotopic (exact) mass is 367 g/mol. The second kappa shape index (κ2) is 8.50. The highest BCUT2D eigenvalue weighted by Crippen LogP contribution is 2.29. The molecule has 0 aliphatic rings. The number of amides is 1. The molecule has 9 heteroatoms. The summed E-state index contributed by atoms with van der Waals surface area (Å²) in [5.74, 6) is 0.537. The van der Waals surface area contributed by atoms with Crippen molar-refractivity contribution in [3.63, 3.8) is 0 Å². The first kappa shape index (κ1) is 19.5. The second-order valence-electron chi connectivity index (χ2n) is 5.51. The number of hydrogen-bond donors (Lipinski definition) is 3. The SMILES string of the molecule is CCNc1nc(C)cc(NCCNC(=O)c2cccc(C(F)(F)F)c2)n1. The van der Waals surface area contributed by atoms with E-state index in [1.807, 2.05) is 13.8 Å². The minimum atomic E-state index is -4.48. The molecule has 2 aromatic rings. The fraction of sp³-hybridized carbons (Fsp3) is 0.353. The molecular weight excluding hydrogens is 347 g/mol. The van der Waals surface area contributed by atoms with Gasteiger partial charge in [-0.25, -0.2) is 4.98 Å². The number of benzene rings is 1. The van der Waals surface area contributed by atoms with Crippen LogP contribution in [0.3, 0.4) is 0 Å². The number of hydrogen-bond acceptors (Lipinski definition) is 5. The van der Waals surface area contributed by atoms with Crippen molar-refractivity contribution in [2.75, 3.05) is 30.3 Å². The number of halogens is 3. The third kappa shape index (κ3) is 5.61. The Morgan fingerprint density at radius 2 is 1.88 bits per heavy atom. The van der Waals surface area contributed by atoms with E-state index in [1.165, 1.54) is 12.1 Å². The van der Waals surface area contributed by atoms with Gasteiger partial charge in [-0.2, -0.15) is 18.2 Å². The van der Waals surface area contributed by atoms with Gasteiger partial charge in [-0.05, 0) is 32.0 Å². The Morgan fingerprint density at radius 1 is 1.12 bits per heavy atom. The van der Waals surface area contributed by atoms with Crippen molar-refractivity contribution in [3.8, 4) is 0 Å². The molecule has 0 unspecified atom stereocenters. The third-order valence-corrected chi connectivity index (χ3v) is 3.36. The Bertz CT molecular complexity index is 764. The minimum Gasteiger partial charge on any atom is -0.368 e. The summed E-state index contributed by atoms with van der Waals surface area (Å²) in [5, 5.41) is 8.63. The summed E-state index contributed by atoms with van der Waals surface area (Å²) in [6.45, 7) is 5.06. The molecule has 6 nitrogen and oxygen atoms in total. The number of anilines is 2. The molecule has 0 aliphatic heterocycles. The Labute approximate surface area is 149 Å². The first-order chi connectivity index (χ1) is 12.3. The quantitative estimate of drug-likeness (QED) is 0.656. The summed E-state index contributed by atoms with van der Waals surface area (Å²) >= 11 is 0. The normalized spacial score (nSPS) is 11.1. The van der Waals surface area contributed by atoms with Crippen LogP contribution in [0.5, 0.6) is 0 Å². The zero-order chi connectivity index (χ0) is 19.2. The Kier molecular flexibility index (Phi) is 6.37. The Balaban J connectivity index is 1.87. The molecule has 26 heavy (non-hydrogen) atoms. The van der Waals surface area contributed by atoms with Crippen LogP contribution in [0.1, 0.15) is 28.5 Å². The number of aryl methyl sites for hydroxylation is 1. The molecule has 3 N–H and O–H groups in total. The summed E-state index contributed by atoms with van der Waals surface area (Å²) in [7, 11) is 0. The van der Waals surface area contributed by atoms with E-state index in [-0.39, 0.29) is 12.1 Å². The molecular formula is C17H20F3N5O. The predicted molar refractivity (Wildman–Crippen MR) is 93.2 cm³/mol. The highest BCUT2D eigenvalue weighted by molar-refractivity contribution is 5.94. The van der Waals surface area contributed by atoms with Crippen LogP contribution in [0.2, 0.25) is 0 Å². The number of nitrogens with one attached hydrogen (secondary N) is 3. The number of carbonyl (C=O) groups is 1. The molecule has 1 aromatic heterocycles. The lowest BCUT2D eigenvalue weighted by Crippen LogP contribution is -2.29. The minimum absolute atomic E-state index is 0.0351. The van der Waals surface area contributed by atoms with Crippen LogP contribution >= 0.6 is 0 Å². The molecule has 0 spiro atoms. The lowest BCUT2D eigenvalue weighted by molar-refractivity contribution is -0.137. The maximum absolute atomic E-state index is 12.7. The fourth-order valence-electron chi connectivity index (χ4n) is 2.20. The van der Waals surface area contributed by atoms with Gasteiger partial charge in [0.1, 0.15) is 5.82 Å². The zero-order valence-corrected chi connectivity index (χ0v) is 14.4. The predicted octanol–water partition coefficient (Wildman–Crippen LogP) is 3.08. The topological polar surface area (TPSA) is 78.9 Å². The van der Waals surface area contributed by atoms with Gasteiger partial charge in [-0.1, -0.05) is 6.07 Å². The lowest BCUT2D eigenvalue weighted by atomic mass is 10.1. The average Bonchev–Trinajstić information content (AvgIpc) is 2.58. The van der Waals surface area contributed by atoms with E-state index in [4.69, 9.17) is 0 Å². The van der Waals surface area contributed by atoms with Crippen LogP contribution in [0.15, 0.2) is 30.3 Å². The van der Waals surface area contributed by atoms with Crippen molar-refractivity contribution in [3.05, 3.63) is 47.2 Å². The Morgan fingerprint density at radius 3 is 2.58 bits per heavy atom. The molecule has 140 valence electrons. The van der Waals surface area contributed by atoms with Crippen molar-refractivity contribution in [1.29, 1.82) is 0 Å². The van der Waals surface area contributed by atoms with E-state index in [0.29, 0.717) is 24.9 Å². The van der Waals surface area contributed by atoms with E-state index in [0.717, 1.165) is 17.8 Å². The van der Waals surface area contributed by atoms with Gasteiger partial charge in [0, 0.05) is 37.0 Å². The van der Waals surface area contributed by atoms with Gasteiger partial charge < -0.3 is 16.0 Å². The molecule has 0 bridgehead atoms. The van der Waals surface area contributed by atoms with E-state index < -0.39 is 17.6 Å². The van der Waals surface area contributed by atoms with Crippen molar-refractivity contribution >= 4 is 17.7 Å². The fourth-order valence-corrected chi connectivity index (χ4v) is 2.20. The van der Waals surface area contributed by atoms with E-state index in [9.17, 15) is 18.0 Å².